The second kappa shape index (κ2) is 7.07. The molecule has 1 heterocycles. The summed E-state index contributed by atoms with van der Waals surface area (Å²) in [7, 11) is -0.947. The van der Waals surface area contributed by atoms with Crippen molar-refractivity contribution in [2.45, 2.75) is 6.54 Å². The SMILES string of the molecule is COCCNS(=O)(=O)Nc1cnn(CC(=O)OC)c1. The van der Waals surface area contributed by atoms with Crippen LogP contribution in [0, 0.1) is 0 Å². The van der Waals surface area contributed by atoms with Crippen molar-refractivity contribution in [1.82, 2.24) is 14.5 Å². The van der Waals surface area contributed by atoms with Gasteiger partial charge in [0.1, 0.15) is 6.54 Å². The maximum absolute atomic E-state index is 11.6. The smallest absolute Gasteiger partial charge is 0.327 e. The monoisotopic (exact) mass is 292 g/mol. The lowest BCUT2D eigenvalue weighted by atomic mass is 10.6. The van der Waals surface area contributed by atoms with Crippen LogP contribution in [0.3, 0.4) is 0 Å². The van der Waals surface area contributed by atoms with Gasteiger partial charge in [0.15, 0.2) is 0 Å². The molecule has 0 radical (unpaired) electrons. The molecule has 10 heteroatoms. The van der Waals surface area contributed by atoms with Crippen molar-refractivity contribution in [2.24, 2.45) is 0 Å². The molecular formula is C9H16N4O5S. The molecule has 19 heavy (non-hydrogen) atoms. The molecule has 108 valence electrons. The molecule has 0 atom stereocenters. The van der Waals surface area contributed by atoms with Gasteiger partial charge in [0.2, 0.25) is 0 Å². The van der Waals surface area contributed by atoms with Gasteiger partial charge in [0, 0.05) is 19.9 Å². The van der Waals surface area contributed by atoms with Crippen LogP contribution >= 0.6 is 0 Å². The molecule has 0 saturated carbocycles. The van der Waals surface area contributed by atoms with E-state index in [-0.39, 0.29) is 25.4 Å². The molecule has 0 amide bonds. The number of hydrogen-bond donors (Lipinski definition) is 2. The van der Waals surface area contributed by atoms with Crippen LogP contribution < -0.4 is 9.44 Å². The van der Waals surface area contributed by atoms with Crippen molar-refractivity contribution in [3.8, 4) is 0 Å². The highest BCUT2D eigenvalue weighted by Crippen LogP contribution is 2.06. The van der Waals surface area contributed by atoms with E-state index < -0.39 is 16.2 Å². The molecule has 0 unspecified atom stereocenters. The standard InChI is InChI=1S/C9H16N4O5S/c1-17-4-3-11-19(15,16)12-8-5-10-13(6-8)7-9(14)18-2/h5-6,11-12H,3-4,7H2,1-2H3. The highest BCUT2D eigenvalue weighted by molar-refractivity contribution is 7.90. The molecule has 0 bridgehead atoms. The number of esters is 1. The van der Waals surface area contributed by atoms with Gasteiger partial charge in [-0.25, -0.2) is 0 Å². The van der Waals surface area contributed by atoms with Gasteiger partial charge in [0.25, 0.3) is 10.2 Å². The van der Waals surface area contributed by atoms with Crippen molar-refractivity contribution in [1.29, 1.82) is 0 Å². The number of carbonyl (C=O) groups is 1. The Morgan fingerprint density at radius 2 is 2.21 bits per heavy atom. The van der Waals surface area contributed by atoms with Crippen molar-refractivity contribution < 1.29 is 22.7 Å². The maximum atomic E-state index is 11.6. The largest absolute Gasteiger partial charge is 0.468 e. The Balaban J connectivity index is 2.55. The van der Waals surface area contributed by atoms with Crippen LogP contribution in [0.1, 0.15) is 0 Å². The van der Waals surface area contributed by atoms with Crippen LogP contribution in [0.4, 0.5) is 5.69 Å². The lowest BCUT2D eigenvalue weighted by Crippen LogP contribution is -2.32. The molecule has 9 nitrogen and oxygen atoms in total. The molecule has 1 aromatic heterocycles. The van der Waals surface area contributed by atoms with Crippen LogP contribution in [0.2, 0.25) is 0 Å². The summed E-state index contributed by atoms with van der Waals surface area (Å²) in [6, 6.07) is 0. The third-order valence-corrected chi connectivity index (χ3v) is 3.09. The van der Waals surface area contributed by atoms with Crippen LogP contribution in [-0.4, -0.2) is 51.5 Å². The van der Waals surface area contributed by atoms with Crippen molar-refractivity contribution in [2.75, 3.05) is 32.1 Å². The zero-order valence-electron chi connectivity index (χ0n) is 10.6. The van der Waals surface area contributed by atoms with Crippen molar-refractivity contribution in [3.63, 3.8) is 0 Å². The minimum Gasteiger partial charge on any atom is -0.468 e. The number of ether oxygens (including phenoxy) is 2. The summed E-state index contributed by atoms with van der Waals surface area (Å²) in [5.41, 5.74) is 0.244. The Labute approximate surface area is 111 Å². The van der Waals surface area contributed by atoms with E-state index in [0.29, 0.717) is 0 Å². The molecule has 0 saturated heterocycles. The Morgan fingerprint density at radius 1 is 1.47 bits per heavy atom. The minimum atomic E-state index is -3.68. The van der Waals surface area contributed by atoms with E-state index in [1.54, 1.807) is 0 Å². The van der Waals surface area contributed by atoms with Crippen molar-refractivity contribution in [3.05, 3.63) is 12.4 Å². The first-order chi connectivity index (χ1) is 8.96. The quantitative estimate of drug-likeness (QED) is 0.467. The molecule has 0 aromatic carbocycles. The van der Waals surface area contributed by atoms with Crippen LogP contribution in [0.25, 0.3) is 0 Å². The summed E-state index contributed by atoms with van der Waals surface area (Å²) < 4.78 is 38.1. The zero-order chi connectivity index (χ0) is 14.3. The fourth-order valence-electron chi connectivity index (χ4n) is 1.17. The van der Waals surface area contributed by atoms with Gasteiger partial charge in [-0.2, -0.15) is 18.2 Å². The third kappa shape index (κ3) is 5.68. The Kier molecular flexibility index (Phi) is 5.73. The van der Waals surface area contributed by atoms with E-state index in [1.807, 2.05) is 0 Å². The first kappa shape index (κ1) is 15.4. The topological polar surface area (TPSA) is 112 Å². The van der Waals surface area contributed by atoms with E-state index in [2.05, 4.69) is 19.3 Å². The van der Waals surface area contributed by atoms with Gasteiger partial charge in [0.05, 0.1) is 25.6 Å². The summed E-state index contributed by atoms with van der Waals surface area (Å²) >= 11 is 0. The first-order valence-corrected chi connectivity index (χ1v) is 6.81. The number of rotatable bonds is 8. The number of carbonyl (C=O) groups excluding carboxylic acids is 1. The van der Waals surface area contributed by atoms with E-state index in [9.17, 15) is 13.2 Å². The van der Waals surface area contributed by atoms with Crippen LogP contribution in [-0.2, 0) is 31.0 Å². The van der Waals surface area contributed by atoms with E-state index in [4.69, 9.17) is 4.74 Å². The van der Waals surface area contributed by atoms with Crippen molar-refractivity contribution >= 4 is 21.9 Å². The molecule has 0 aliphatic rings. The van der Waals surface area contributed by atoms with Gasteiger partial charge in [-0.3, -0.25) is 14.2 Å². The second-order valence-corrected chi connectivity index (χ2v) is 5.00. The predicted octanol–water partition coefficient (Wildman–Crippen LogP) is -1.05. The fraction of sp³-hybridized carbons (Fsp3) is 0.556. The highest BCUT2D eigenvalue weighted by atomic mass is 32.2. The Hall–Kier alpha value is -1.65. The molecular weight excluding hydrogens is 276 g/mol. The number of hydrogen-bond acceptors (Lipinski definition) is 6. The summed E-state index contributed by atoms with van der Waals surface area (Å²) in [6.45, 7) is 0.333. The summed E-state index contributed by atoms with van der Waals surface area (Å²) in [4.78, 5) is 11.0. The van der Waals surface area contributed by atoms with E-state index >= 15 is 0 Å². The number of nitrogens with zero attached hydrogens (tertiary/aromatic N) is 2. The lowest BCUT2D eigenvalue weighted by Gasteiger charge is -2.06. The number of methoxy groups -OCH3 is 2. The van der Waals surface area contributed by atoms with Gasteiger partial charge in [-0.05, 0) is 0 Å². The summed E-state index contributed by atoms with van der Waals surface area (Å²) in [5.74, 6) is -0.476. The first-order valence-electron chi connectivity index (χ1n) is 5.32. The highest BCUT2D eigenvalue weighted by Gasteiger charge is 2.11. The average Bonchev–Trinajstić information content (AvgIpc) is 2.75. The van der Waals surface area contributed by atoms with Gasteiger partial charge >= 0.3 is 5.97 Å². The van der Waals surface area contributed by atoms with Crippen LogP contribution in [0.15, 0.2) is 12.4 Å². The Morgan fingerprint density at radius 3 is 2.84 bits per heavy atom. The van der Waals surface area contributed by atoms with Crippen LogP contribution in [0.5, 0.6) is 0 Å². The molecule has 0 spiro atoms. The Bertz CT molecular complexity index is 512. The minimum absolute atomic E-state index is 0.0880. The summed E-state index contributed by atoms with van der Waals surface area (Å²) in [5, 5.41) is 3.82. The van der Waals surface area contributed by atoms with E-state index in [1.165, 1.54) is 31.3 Å². The normalized spacial score (nSPS) is 11.3. The average molecular weight is 292 g/mol. The summed E-state index contributed by atoms with van der Waals surface area (Å²) in [6.07, 6.45) is 2.67. The third-order valence-electron chi connectivity index (χ3n) is 2.00. The number of anilines is 1. The second-order valence-electron chi connectivity index (χ2n) is 3.50. The number of aromatic nitrogens is 2. The molecule has 0 aliphatic carbocycles. The lowest BCUT2D eigenvalue weighted by molar-refractivity contribution is -0.141. The predicted molar refractivity (Wildman–Crippen MR) is 66.7 cm³/mol. The number of nitrogens with one attached hydrogen (secondary N) is 2. The van der Waals surface area contributed by atoms with Gasteiger partial charge in [-0.15, -0.1) is 0 Å². The molecule has 0 fully saturated rings. The fourth-order valence-corrected chi connectivity index (χ4v) is 2.01. The molecule has 1 aromatic rings. The molecule has 0 aliphatic heterocycles. The maximum Gasteiger partial charge on any atom is 0.327 e. The molecule has 1 rings (SSSR count). The zero-order valence-corrected chi connectivity index (χ0v) is 11.4. The molecule has 2 N–H and O–H groups in total. The van der Waals surface area contributed by atoms with Gasteiger partial charge in [-0.1, -0.05) is 0 Å². The van der Waals surface area contributed by atoms with E-state index in [0.717, 1.165) is 0 Å². The van der Waals surface area contributed by atoms with Gasteiger partial charge < -0.3 is 9.47 Å².